The Kier molecular flexibility index (Phi) is 4.12. The van der Waals surface area contributed by atoms with Gasteiger partial charge in [-0.05, 0) is 39.5 Å². The third kappa shape index (κ3) is 3.22. The Hall–Kier alpha value is -1.06. The van der Waals surface area contributed by atoms with Gasteiger partial charge in [0.2, 0.25) is 0 Å². The maximum atomic E-state index is 10.0. The standard InChI is InChI=1S/C12H20N2O/c1-9-6-10(4-5-13)12(15)11(7-9)8-14(2)3/h6-7,15H,4-5,8,13H2,1-3H3. The first-order valence-corrected chi connectivity index (χ1v) is 5.20. The van der Waals surface area contributed by atoms with Gasteiger partial charge in [-0.3, -0.25) is 0 Å². The molecule has 0 saturated carbocycles. The lowest BCUT2D eigenvalue weighted by Gasteiger charge is -2.14. The highest BCUT2D eigenvalue weighted by atomic mass is 16.3. The van der Waals surface area contributed by atoms with Crippen molar-refractivity contribution in [3.05, 3.63) is 28.8 Å². The van der Waals surface area contributed by atoms with Gasteiger partial charge >= 0.3 is 0 Å². The number of phenolic OH excluding ortho intramolecular Hbond substituents is 1. The summed E-state index contributed by atoms with van der Waals surface area (Å²) in [5.74, 6) is 0.403. The molecule has 3 nitrogen and oxygen atoms in total. The minimum absolute atomic E-state index is 0.403. The summed E-state index contributed by atoms with van der Waals surface area (Å²) >= 11 is 0. The summed E-state index contributed by atoms with van der Waals surface area (Å²) in [4.78, 5) is 2.04. The molecule has 0 atom stereocenters. The maximum Gasteiger partial charge on any atom is 0.123 e. The second-order valence-corrected chi connectivity index (χ2v) is 4.21. The fraction of sp³-hybridized carbons (Fsp3) is 0.500. The number of rotatable bonds is 4. The number of nitrogens with two attached hydrogens (primary N) is 1. The van der Waals surface area contributed by atoms with Gasteiger partial charge in [0.15, 0.2) is 0 Å². The Balaban J connectivity index is 3.04. The molecule has 0 aliphatic rings. The van der Waals surface area contributed by atoms with E-state index in [1.54, 1.807) is 0 Å². The summed E-state index contributed by atoms with van der Waals surface area (Å²) in [5, 5.41) is 10.0. The molecule has 0 bridgehead atoms. The molecule has 0 aromatic heterocycles. The Labute approximate surface area is 91.5 Å². The zero-order valence-electron chi connectivity index (χ0n) is 9.75. The van der Waals surface area contributed by atoms with Gasteiger partial charge < -0.3 is 15.7 Å². The van der Waals surface area contributed by atoms with E-state index in [1.807, 2.05) is 38.1 Å². The van der Waals surface area contributed by atoms with Crippen LogP contribution in [0.1, 0.15) is 16.7 Å². The molecule has 15 heavy (non-hydrogen) atoms. The van der Waals surface area contributed by atoms with Crippen LogP contribution >= 0.6 is 0 Å². The van der Waals surface area contributed by atoms with E-state index in [1.165, 1.54) is 5.56 Å². The molecule has 0 radical (unpaired) electrons. The van der Waals surface area contributed by atoms with Crippen molar-refractivity contribution in [1.29, 1.82) is 0 Å². The fourth-order valence-electron chi connectivity index (χ4n) is 1.74. The van der Waals surface area contributed by atoms with Crippen LogP contribution < -0.4 is 5.73 Å². The summed E-state index contributed by atoms with van der Waals surface area (Å²) < 4.78 is 0. The molecule has 1 rings (SSSR count). The minimum atomic E-state index is 0.403. The summed E-state index contributed by atoms with van der Waals surface area (Å²) in [5.41, 5.74) is 8.61. The molecule has 1 aromatic carbocycles. The van der Waals surface area contributed by atoms with Crippen LogP contribution in [0.15, 0.2) is 12.1 Å². The molecule has 0 unspecified atom stereocenters. The number of hydrogen-bond donors (Lipinski definition) is 2. The zero-order valence-corrected chi connectivity index (χ0v) is 9.75. The lowest BCUT2D eigenvalue weighted by Crippen LogP contribution is -2.12. The third-order valence-corrected chi connectivity index (χ3v) is 2.31. The van der Waals surface area contributed by atoms with Crippen LogP contribution in [-0.2, 0) is 13.0 Å². The topological polar surface area (TPSA) is 49.5 Å². The molecule has 0 spiro atoms. The number of hydrogen-bond acceptors (Lipinski definition) is 3. The number of nitrogens with zero attached hydrogens (tertiary/aromatic N) is 1. The molecule has 0 heterocycles. The van der Waals surface area contributed by atoms with Gasteiger partial charge in [0.1, 0.15) is 5.75 Å². The predicted molar refractivity (Wildman–Crippen MR) is 63.0 cm³/mol. The van der Waals surface area contributed by atoms with Crippen LogP contribution in [0, 0.1) is 6.92 Å². The van der Waals surface area contributed by atoms with Crippen molar-refractivity contribution in [2.24, 2.45) is 5.73 Å². The molecule has 3 heteroatoms. The van der Waals surface area contributed by atoms with Crippen LogP contribution in [0.5, 0.6) is 5.75 Å². The number of phenols is 1. The van der Waals surface area contributed by atoms with E-state index in [-0.39, 0.29) is 0 Å². The van der Waals surface area contributed by atoms with Crippen LogP contribution in [0.25, 0.3) is 0 Å². The predicted octanol–water partition coefficient (Wildman–Crippen LogP) is 1.26. The first kappa shape index (κ1) is 12.0. The lowest BCUT2D eigenvalue weighted by molar-refractivity contribution is 0.384. The second-order valence-electron chi connectivity index (χ2n) is 4.21. The van der Waals surface area contributed by atoms with Crippen molar-refractivity contribution < 1.29 is 5.11 Å². The summed E-state index contributed by atoms with van der Waals surface area (Å²) in [6.45, 7) is 3.36. The molecule has 1 aromatic rings. The molecule has 0 aliphatic carbocycles. The third-order valence-electron chi connectivity index (χ3n) is 2.31. The normalized spacial score (nSPS) is 11.0. The minimum Gasteiger partial charge on any atom is -0.507 e. The van der Waals surface area contributed by atoms with E-state index in [4.69, 9.17) is 5.73 Å². The molecule has 0 amide bonds. The van der Waals surface area contributed by atoms with Crippen molar-refractivity contribution in [3.63, 3.8) is 0 Å². The van der Waals surface area contributed by atoms with Crippen LogP contribution in [-0.4, -0.2) is 30.6 Å². The van der Waals surface area contributed by atoms with Gasteiger partial charge in [-0.2, -0.15) is 0 Å². The van der Waals surface area contributed by atoms with Gasteiger partial charge in [0.25, 0.3) is 0 Å². The number of aryl methyl sites for hydroxylation is 1. The van der Waals surface area contributed by atoms with Crippen molar-refractivity contribution >= 4 is 0 Å². The maximum absolute atomic E-state index is 10.0. The molecular formula is C12H20N2O. The number of benzene rings is 1. The van der Waals surface area contributed by atoms with E-state index in [0.29, 0.717) is 12.3 Å². The van der Waals surface area contributed by atoms with Crippen molar-refractivity contribution in [2.75, 3.05) is 20.6 Å². The molecule has 0 aliphatic heterocycles. The largest absolute Gasteiger partial charge is 0.507 e. The molecule has 0 fully saturated rings. The number of aromatic hydroxyl groups is 1. The average Bonchev–Trinajstić information content (AvgIpc) is 2.12. The first-order valence-electron chi connectivity index (χ1n) is 5.20. The quantitative estimate of drug-likeness (QED) is 0.783. The SMILES string of the molecule is Cc1cc(CCN)c(O)c(CN(C)C)c1. The molecular weight excluding hydrogens is 188 g/mol. The average molecular weight is 208 g/mol. The first-order chi connectivity index (χ1) is 7.04. The molecule has 3 N–H and O–H groups in total. The highest BCUT2D eigenvalue weighted by molar-refractivity contribution is 5.43. The van der Waals surface area contributed by atoms with Gasteiger partial charge in [-0.15, -0.1) is 0 Å². The zero-order chi connectivity index (χ0) is 11.4. The van der Waals surface area contributed by atoms with E-state index >= 15 is 0 Å². The van der Waals surface area contributed by atoms with Gasteiger partial charge in [0.05, 0.1) is 0 Å². The highest BCUT2D eigenvalue weighted by Crippen LogP contribution is 2.25. The summed E-state index contributed by atoms with van der Waals surface area (Å²) in [6.07, 6.45) is 0.730. The smallest absolute Gasteiger partial charge is 0.123 e. The van der Waals surface area contributed by atoms with Crippen molar-refractivity contribution in [1.82, 2.24) is 4.90 Å². The van der Waals surface area contributed by atoms with E-state index in [2.05, 4.69) is 0 Å². The molecule has 0 saturated heterocycles. The lowest BCUT2D eigenvalue weighted by atomic mass is 10.0. The van der Waals surface area contributed by atoms with Crippen molar-refractivity contribution in [3.8, 4) is 5.75 Å². The van der Waals surface area contributed by atoms with Crippen LogP contribution in [0.3, 0.4) is 0 Å². The van der Waals surface area contributed by atoms with Crippen LogP contribution in [0.4, 0.5) is 0 Å². The van der Waals surface area contributed by atoms with Gasteiger partial charge in [-0.25, -0.2) is 0 Å². The Morgan fingerprint density at radius 1 is 1.27 bits per heavy atom. The molecule has 84 valence electrons. The Bertz CT molecular complexity index is 335. The summed E-state index contributed by atoms with van der Waals surface area (Å²) in [7, 11) is 3.98. The Morgan fingerprint density at radius 2 is 1.87 bits per heavy atom. The van der Waals surface area contributed by atoms with E-state index in [9.17, 15) is 5.11 Å². The van der Waals surface area contributed by atoms with Gasteiger partial charge in [0, 0.05) is 12.1 Å². The fourth-order valence-corrected chi connectivity index (χ4v) is 1.74. The Morgan fingerprint density at radius 3 is 2.40 bits per heavy atom. The monoisotopic (exact) mass is 208 g/mol. The van der Waals surface area contributed by atoms with Crippen molar-refractivity contribution in [2.45, 2.75) is 19.9 Å². The van der Waals surface area contributed by atoms with E-state index < -0.39 is 0 Å². The van der Waals surface area contributed by atoms with Gasteiger partial charge in [-0.1, -0.05) is 17.7 Å². The second kappa shape index (κ2) is 5.14. The van der Waals surface area contributed by atoms with Crippen LogP contribution in [0.2, 0.25) is 0 Å². The van der Waals surface area contributed by atoms with E-state index in [0.717, 1.165) is 24.1 Å². The highest BCUT2D eigenvalue weighted by Gasteiger charge is 2.08. The summed E-state index contributed by atoms with van der Waals surface area (Å²) in [6, 6.07) is 4.02.